The van der Waals surface area contributed by atoms with Gasteiger partial charge in [0.2, 0.25) is 5.69 Å². The van der Waals surface area contributed by atoms with Gasteiger partial charge in [0.1, 0.15) is 22.7 Å². The van der Waals surface area contributed by atoms with Crippen LogP contribution in [0.5, 0.6) is 11.5 Å². The molecule has 2 bridgehead atoms. The minimum atomic E-state index is -1.24. The molecular weight excluding hydrogens is 542 g/mol. The van der Waals surface area contributed by atoms with E-state index in [2.05, 4.69) is 6.92 Å². The molecule has 1 saturated heterocycles. The molecule has 3 aliphatic rings. The number of amides is 1. The zero-order valence-corrected chi connectivity index (χ0v) is 24.2. The van der Waals surface area contributed by atoms with Gasteiger partial charge in [0.25, 0.3) is 5.91 Å². The van der Waals surface area contributed by atoms with Gasteiger partial charge in [0, 0.05) is 55.0 Å². The molecular formula is C31H37N3O8. The number of quaternary nitrogens is 1. The number of unbranched alkanes of at least 4 members (excludes halogenated alkanes) is 1. The van der Waals surface area contributed by atoms with Crippen molar-refractivity contribution in [3.63, 3.8) is 0 Å². The summed E-state index contributed by atoms with van der Waals surface area (Å²) in [6, 6.07) is 6.41. The number of likely N-dealkylation sites (tertiary alicyclic amines) is 1. The predicted octanol–water partition coefficient (Wildman–Crippen LogP) is 2.83. The average Bonchev–Trinajstić information content (AvgIpc) is 2.93. The van der Waals surface area contributed by atoms with E-state index < -0.39 is 16.4 Å². The summed E-state index contributed by atoms with van der Waals surface area (Å²) >= 11 is 0. The van der Waals surface area contributed by atoms with Gasteiger partial charge in [-0.05, 0) is 63.5 Å². The number of rotatable bonds is 7. The topological polar surface area (TPSA) is 139 Å². The van der Waals surface area contributed by atoms with Crippen LogP contribution in [-0.4, -0.2) is 45.9 Å². The maximum Gasteiger partial charge on any atom is 0.336 e. The van der Waals surface area contributed by atoms with E-state index >= 15 is 0 Å². The summed E-state index contributed by atoms with van der Waals surface area (Å²) in [6.07, 6.45) is 4.86. The summed E-state index contributed by atoms with van der Waals surface area (Å²) in [5, 5.41) is 20.3. The molecule has 3 aromatic rings. The summed E-state index contributed by atoms with van der Waals surface area (Å²) in [6.45, 7) is 7.17. The van der Waals surface area contributed by atoms with Crippen LogP contribution < -0.4 is 25.9 Å². The predicted molar refractivity (Wildman–Crippen MR) is 154 cm³/mol. The molecule has 11 heteroatoms. The summed E-state index contributed by atoms with van der Waals surface area (Å²) in [5.74, 6) is 0.860. The van der Waals surface area contributed by atoms with E-state index in [-0.39, 0.29) is 35.6 Å². The van der Waals surface area contributed by atoms with Gasteiger partial charge in [-0.1, -0.05) is 13.3 Å². The van der Waals surface area contributed by atoms with Crippen molar-refractivity contribution in [1.82, 2.24) is 9.47 Å². The van der Waals surface area contributed by atoms with Gasteiger partial charge in [0.05, 0.1) is 5.39 Å². The van der Waals surface area contributed by atoms with E-state index in [1.807, 2.05) is 19.9 Å². The Morgan fingerprint density at radius 3 is 2.79 bits per heavy atom. The highest BCUT2D eigenvalue weighted by Crippen LogP contribution is 2.43. The van der Waals surface area contributed by atoms with Crippen LogP contribution in [0.4, 0.5) is 5.69 Å². The van der Waals surface area contributed by atoms with Crippen molar-refractivity contribution in [2.75, 3.05) is 19.7 Å². The standard InChI is InChI=1S/C31H37N3O8/c1-4-5-6-19-12-27(36)41-29-21-9-10-31(2,3)42-24(21)13-25(28(19)29)40-17-26(35)32-14-18-11-20(16-32)22-7-8-23(34(38)39)30(37)33(22)15-18/h7-8,12-13,18,20,34,38H,4-6,9-11,14-17H2,1-3H3/t18-,20+/m1/s1. The molecule has 1 aromatic carbocycles. The van der Waals surface area contributed by atoms with Gasteiger partial charge >= 0.3 is 11.2 Å². The highest BCUT2D eigenvalue weighted by Gasteiger charge is 2.37. The number of pyridine rings is 1. The Hall–Kier alpha value is -3.67. The molecule has 224 valence electrons. The Labute approximate surface area is 242 Å². The summed E-state index contributed by atoms with van der Waals surface area (Å²) in [4.78, 5) is 40.6. The van der Waals surface area contributed by atoms with E-state index in [1.165, 1.54) is 12.1 Å². The van der Waals surface area contributed by atoms with Crippen molar-refractivity contribution in [1.29, 1.82) is 0 Å². The third-order valence-corrected chi connectivity index (χ3v) is 8.82. The molecule has 1 unspecified atom stereocenters. The molecule has 0 spiro atoms. The second-order valence-corrected chi connectivity index (χ2v) is 12.4. The third kappa shape index (κ3) is 5.21. The number of fused-ring (bicyclic) bond motifs is 7. The number of hydrogen-bond donors (Lipinski definition) is 2. The molecule has 42 heavy (non-hydrogen) atoms. The van der Waals surface area contributed by atoms with Crippen LogP contribution in [-0.2, 0) is 24.2 Å². The maximum atomic E-state index is 13.5. The molecule has 6 rings (SSSR count). The van der Waals surface area contributed by atoms with Crippen molar-refractivity contribution in [2.45, 2.75) is 77.4 Å². The molecule has 11 nitrogen and oxygen atoms in total. The van der Waals surface area contributed by atoms with E-state index in [9.17, 15) is 24.8 Å². The van der Waals surface area contributed by atoms with Crippen LogP contribution in [0.3, 0.4) is 0 Å². The van der Waals surface area contributed by atoms with Crippen molar-refractivity contribution in [3.05, 3.63) is 67.1 Å². The number of nitrogens with one attached hydrogen (secondary N) is 1. The second-order valence-electron chi connectivity index (χ2n) is 12.4. The van der Waals surface area contributed by atoms with Gasteiger partial charge in [0.15, 0.2) is 6.61 Å². The molecule has 0 aliphatic carbocycles. The van der Waals surface area contributed by atoms with Gasteiger partial charge in [-0.3, -0.25) is 9.59 Å². The lowest BCUT2D eigenvalue weighted by molar-refractivity contribution is -0.992. The van der Waals surface area contributed by atoms with Crippen molar-refractivity contribution >= 4 is 22.6 Å². The number of piperidine rings is 1. The van der Waals surface area contributed by atoms with E-state index in [4.69, 9.17) is 13.9 Å². The molecule has 1 fully saturated rings. The van der Waals surface area contributed by atoms with Gasteiger partial charge < -0.3 is 28.6 Å². The molecule has 2 N–H and O–H groups in total. The van der Waals surface area contributed by atoms with Crippen molar-refractivity contribution in [3.8, 4) is 11.5 Å². The minimum absolute atomic E-state index is 0.0390. The number of aryl methyl sites for hydroxylation is 2. The minimum Gasteiger partial charge on any atom is -0.595 e. The van der Waals surface area contributed by atoms with Gasteiger partial charge in [-0.2, -0.15) is 5.23 Å². The molecule has 3 aliphatic heterocycles. The van der Waals surface area contributed by atoms with E-state index in [1.54, 1.807) is 15.5 Å². The summed E-state index contributed by atoms with van der Waals surface area (Å²) in [7, 11) is 0. The first-order valence-corrected chi connectivity index (χ1v) is 14.7. The zero-order chi connectivity index (χ0) is 29.8. The fourth-order valence-electron chi connectivity index (χ4n) is 6.74. The lowest BCUT2D eigenvalue weighted by atomic mass is 9.83. The smallest absolute Gasteiger partial charge is 0.336 e. The second kappa shape index (κ2) is 10.9. The Balaban J connectivity index is 1.28. The van der Waals surface area contributed by atoms with Crippen LogP contribution in [0.1, 0.15) is 69.2 Å². The number of hydrogen-bond acceptors (Lipinski definition) is 8. The lowest BCUT2D eigenvalue weighted by Crippen LogP contribution is -3.00. The summed E-state index contributed by atoms with van der Waals surface area (Å²) in [5.41, 5.74) is 1.39. The fraction of sp³-hybridized carbons (Fsp3) is 0.516. The first-order valence-electron chi connectivity index (χ1n) is 14.7. The number of nitrogens with zero attached hydrogens (tertiary/aromatic N) is 2. The molecule has 0 saturated carbocycles. The Morgan fingerprint density at radius 1 is 1.21 bits per heavy atom. The van der Waals surface area contributed by atoms with Crippen LogP contribution >= 0.6 is 0 Å². The number of benzene rings is 1. The first-order chi connectivity index (χ1) is 20.0. The normalized spacial score (nSPS) is 21.3. The molecule has 3 atom stereocenters. The van der Waals surface area contributed by atoms with Crippen molar-refractivity contribution in [2.24, 2.45) is 5.92 Å². The zero-order valence-electron chi connectivity index (χ0n) is 24.2. The molecule has 1 amide bonds. The third-order valence-electron chi connectivity index (χ3n) is 8.82. The number of carbonyl (C=O) groups excluding carboxylic acids is 1. The monoisotopic (exact) mass is 579 g/mol. The summed E-state index contributed by atoms with van der Waals surface area (Å²) < 4.78 is 19.8. The van der Waals surface area contributed by atoms with Crippen molar-refractivity contribution < 1.29 is 29.1 Å². The highest BCUT2D eigenvalue weighted by molar-refractivity contribution is 5.92. The van der Waals surface area contributed by atoms with E-state index in [0.717, 1.165) is 47.9 Å². The lowest BCUT2D eigenvalue weighted by Gasteiger charge is -2.42. The first kappa shape index (κ1) is 28.4. The quantitative estimate of drug-likeness (QED) is 0.322. The van der Waals surface area contributed by atoms with Gasteiger partial charge in [-0.15, -0.1) is 0 Å². The molecule has 2 aromatic heterocycles. The Bertz CT molecular complexity index is 1660. The SMILES string of the molecule is CCCCc1cc(=O)oc2c3c(cc(OCC(=O)N4C[C@H]5C[C@@H](C4)c4ccc([NH+]([O-])O)c(=O)n4C5)c12)OC(C)(C)CC3. The highest BCUT2D eigenvalue weighted by atomic mass is 16.8. The Kier molecular flexibility index (Phi) is 7.36. The number of aromatic nitrogens is 1. The van der Waals surface area contributed by atoms with Crippen LogP contribution in [0, 0.1) is 11.1 Å². The van der Waals surface area contributed by atoms with Crippen LogP contribution in [0.2, 0.25) is 0 Å². The fourth-order valence-corrected chi connectivity index (χ4v) is 6.74. The maximum absolute atomic E-state index is 13.5. The van der Waals surface area contributed by atoms with E-state index in [0.29, 0.717) is 49.6 Å². The van der Waals surface area contributed by atoms with Crippen LogP contribution in [0.25, 0.3) is 11.0 Å². The average molecular weight is 580 g/mol. The Morgan fingerprint density at radius 2 is 2.02 bits per heavy atom. The number of carbonyl (C=O) groups is 1. The largest absolute Gasteiger partial charge is 0.595 e. The molecule has 0 radical (unpaired) electrons. The molecule has 5 heterocycles. The van der Waals surface area contributed by atoms with Gasteiger partial charge in [-0.25, -0.2) is 10.0 Å². The van der Waals surface area contributed by atoms with Crippen LogP contribution in [0.15, 0.2) is 38.3 Å². The number of ether oxygens (including phenoxy) is 2.